The van der Waals surface area contributed by atoms with E-state index in [0.717, 1.165) is 5.69 Å². The standard InChI is InChI=1S/C14H21N3O3/c1-11(13(18)19)5-4-9-16-14(20)17-10-7-12-6-2-3-8-15-12/h2-3,6,8,11H,4-5,7,9-10H2,1H3,(H,18,19)(H2,16,17,20). The van der Waals surface area contributed by atoms with Gasteiger partial charge in [0.2, 0.25) is 0 Å². The van der Waals surface area contributed by atoms with Crippen LogP contribution in [0.5, 0.6) is 0 Å². The van der Waals surface area contributed by atoms with Gasteiger partial charge in [-0.15, -0.1) is 0 Å². The molecule has 1 aromatic heterocycles. The second kappa shape index (κ2) is 8.90. The maximum Gasteiger partial charge on any atom is 0.314 e. The quantitative estimate of drug-likeness (QED) is 0.628. The van der Waals surface area contributed by atoms with Crippen molar-refractivity contribution in [3.63, 3.8) is 0 Å². The number of rotatable bonds is 8. The second-order valence-electron chi connectivity index (χ2n) is 4.64. The largest absolute Gasteiger partial charge is 0.481 e. The molecule has 0 radical (unpaired) electrons. The van der Waals surface area contributed by atoms with Crippen molar-refractivity contribution >= 4 is 12.0 Å². The summed E-state index contributed by atoms with van der Waals surface area (Å²) in [4.78, 5) is 26.2. The number of carbonyl (C=O) groups excluding carboxylic acids is 1. The van der Waals surface area contributed by atoms with Crippen LogP contribution in [-0.2, 0) is 11.2 Å². The molecule has 2 amide bonds. The number of urea groups is 1. The summed E-state index contributed by atoms with van der Waals surface area (Å²) in [6, 6.07) is 5.43. The number of aliphatic carboxylic acids is 1. The lowest BCUT2D eigenvalue weighted by Gasteiger charge is -2.08. The third-order valence-electron chi connectivity index (χ3n) is 2.91. The van der Waals surface area contributed by atoms with Crippen LogP contribution in [0.2, 0.25) is 0 Å². The van der Waals surface area contributed by atoms with Crippen LogP contribution in [-0.4, -0.2) is 35.2 Å². The van der Waals surface area contributed by atoms with Crippen molar-refractivity contribution < 1.29 is 14.7 Å². The molecule has 1 rings (SSSR count). The third kappa shape index (κ3) is 6.72. The van der Waals surface area contributed by atoms with E-state index < -0.39 is 5.97 Å². The summed E-state index contributed by atoms with van der Waals surface area (Å²) in [5.41, 5.74) is 0.933. The molecule has 6 heteroatoms. The van der Waals surface area contributed by atoms with Crippen molar-refractivity contribution in [1.29, 1.82) is 0 Å². The topological polar surface area (TPSA) is 91.3 Å². The van der Waals surface area contributed by atoms with E-state index in [1.165, 1.54) is 0 Å². The molecule has 0 fully saturated rings. The minimum absolute atomic E-state index is 0.232. The second-order valence-corrected chi connectivity index (χ2v) is 4.64. The maximum atomic E-state index is 11.5. The number of carboxylic acid groups (broad SMARTS) is 1. The van der Waals surface area contributed by atoms with Gasteiger partial charge in [0, 0.05) is 31.4 Å². The Balaban J connectivity index is 2.05. The van der Waals surface area contributed by atoms with Crippen molar-refractivity contribution in [2.24, 2.45) is 5.92 Å². The van der Waals surface area contributed by atoms with Crippen molar-refractivity contribution in [2.45, 2.75) is 26.2 Å². The predicted molar refractivity (Wildman–Crippen MR) is 75.4 cm³/mol. The molecular weight excluding hydrogens is 258 g/mol. The van der Waals surface area contributed by atoms with Crippen LogP contribution in [0.15, 0.2) is 24.4 Å². The molecule has 0 spiro atoms. The van der Waals surface area contributed by atoms with E-state index in [1.54, 1.807) is 13.1 Å². The van der Waals surface area contributed by atoms with E-state index >= 15 is 0 Å². The fraction of sp³-hybridized carbons (Fsp3) is 0.500. The average molecular weight is 279 g/mol. The number of amides is 2. The molecule has 0 aliphatic carbocycles. The van der Waals surface area contributed by atoms with Crippen LogP contribution in [0.1, 0.15) is 25.5 Å². The number of pyridine rings is 1. The summed E-state index contributed by atoms with van der Waals surface area (Å²) in [5.74, 6) is -1.17. The minimum Gasteiger partial charge on any atom is -0.481 e. The zero-order valence-corrected chi connectivity index (χ0v) is 11.6. The molecule has 110 valence electrons. The first-order chi connectivity index (χ1) is 9.59. The fourth-order valence-corrected chi connectivity index (χ4v) is 1.65. The highest BCUT2D eigenvalue weighted by Gasteiger charge is 2.09. The van der Waals surface area contributed by atoms with Crippen molar-refractivity contribution in [1.82, 2.24) is 15.6 Å². The predicted octanol–water partition coefficient (Wildman–Crippen LogP) is 1.42. The Hall–Kier alpha value is -2.11. The van der Waals surface area contributed by atoms with Gasteiger partial charge in [-0.25, -0.2) is 4.79 Å². The summed E-state index contributed by atoms with van der Waals surface area (Å²) >= 11 is 0. The highest BCUT2D eigenvalue weighted by Crippen LogP contribution is 2.03. The van der Waals surface area contributed by atoms with Gasteiger partial charge < -0.3 is 15.7 Å². The first-order valence-electron chi connectivity index (χ1n) is 6.74. The Kier molecular flexibility index (Phi) is 7.10. The minimum atomic E-state index is -0.801. The zero-order chi connectivity index (χ0) is 14.8. The molecule has 3 N–H and O–H groups in total. The van der Waals surface area contributed by atoms with Gasteiger partial charge >= 0.3 is 12.0 Å². The lowest BCUT2D eigenvalue weighted by atomic mass is 10.1. The number of hydrogen-bond donors (Lipinski definition) is 3. The normalized spacial score (nSPS) is 11.7. The van der Waals surface area contributed by atoms with E-state index in [2.05, 4.69) is 15.6 Å². The van der Waals surface area contributed by atoms with Crippen LogP contribution in [0.4, 0.5) is 4.79 Å². The summed E-state index contributed by atoms with van der Waals surface area (Å²) < 4.78 is 0. The number of nitrogens with one attached hydrogen (secondary N) is 2. The molecule has 0 bridgehead atoms. The molecule has 1 unspecified atom stereocenters. The fourth-order valence-electron chi connectivity index (χ4n) is 1.65. The maximum absolute atomic E-state index is 11.5. The van der Waals surface area contributed by atoms with Gasteiger partial charge in [0.15, 0.2) is 0 Å². The van der Waals surface area contributed by atoms with Crippen molar-refractivity contribution in [2.75, 3.05) is 13.1 Å². The molecule has 0 aromatic carbocycles. The monoisotopic (exact) mass is 279 g/mol. The first kappa shape index (κ1) is 15.9. The van der Waals surface area contributed by atoms with Crippen LogP contribution < -0.4 is 10.6 Å². The van der Waals surface area contributed by atoms with Crippen LogP contribution in [0, 0.1) is 5.92 Å². The van der Waals surface area contributed by atoms with Crippen molar-refractivity contribution in [3.05, 3.63) is 30.1 Å². The van der Waals surface area contributed by atoms with Crippen molar-refractivity contribution in [3.8, 4) is 0 Å². The van der Waals surface area contributed by atoms with Gasteiger partial charge in [0.1, 0.15) is 0 Å². The molecule has 1 atom stereocenters. The van der Waals surface area contributed by atoms with Gasteiger partial charge in [0.25, 0.3) is 0 Å². The smallest absolute Gasteiger partial charge is 0.314 e. The molecule has 1 aromatic rings. The summed E-state index contributed by atoms with van der Waals surface area (Å²) in [6.45, 7) is 2.66. The molecule has 0 aliphatic heterocycles. The van der Waals surface area contributed by atoms with Crippen LogP contribution in [0.3, 0.4) is 0 Å². The number of carbonyl (C=O) groups is 2. The zero-order valence-electron chi connectivity index (χ0n) is 11.6. The van der Waals surface area contributed by atoms with E-state index in [1.807, 2.05) is 18.2 Å². The van der Waals surface area contributed by atoms with E-state index in [-0.39, 0.29) is 11.9 Å². The Morgan fingerprint density at radius 3 is 2.70 bits per heavy atom. The molecule has 0 saturated carbocycles. The molecular formula is C14H21N3O3. The molecule has 6 nitrogen and oxygen atoms in total. The summed E-state index contributed by atoms with van der Waals surface area (Å²) in [7, 11) is 0. The molecule has 1 heterocycles. The molecule has 0 aliphatic rings. The number of nitrogens with zero attached hydrogens (tertiary/aromatic N) is 1. The van der Waals surface area contributed by atoms with E-state index in [4.69, 9.17) is 5.11 Å². The van der Waals surface area contributed by atoms with Gasteiger partial charge in [0.05, 0.1) is 5.92 Å². The molecule has 0 saturated heterocycles. The lowest BCUT2D eigenvalue weighted by molar-refractivity contribution is -0.141. The first-order valence-corrected chi connectivity index (χ1v) is 6.74. The lowest BCUT2D eigenvalue weighted by Crippen LogP contribution is -2.37. The van der Waals surface area contributed by atoms with Gasteiger partial charge in [-0.3, -0.25) is 9.78 Å². The number of aromatic nitrogens is 1. The number of carboxylic acids is 1. The average Bonchev–Trinajstić information content (AvgIpc) is 2.44. The molecule has 20 heavy (non-hydrogen) atoms. The summed E-state index contributed by atoms with van der Waals surface area (Å²) in [6.07, 6.45) is 3.62. The highest BCUT2D eigenvalue weighted by molar-refractivity contribution is 5.73. The Bertz CT molecular complexity index is 423. The SMILES string of the molecule is CC(CCCNC(=O)NCCc1ccccn1)C(=O)O. The van der Waals surface area contributed by atoms with Crippen LogP contribution >= 0.6 is 0 Å². The van der Waals surface area contributed by atoms with Gasteiger partial charge in [-0.05, 0) is 25.0 Å². The highest BCUT2D eigenvalue weighted by atomic mass is 16.4. The van der Waals surface area contributed by atoms with Gasteiger partial charge in [-0.2, -0.15) is 0 Å². The van der Waals surface area contributed by atoms with E-state index in [9.17, 15) is 9.59 Å². The Labute approximate surface area is 118 Å². The third-order valence-corrected chi connectivity index (χ3v) is 2.91. The van der Waals surface area contributed by atoms with Gasteiger partial charge in [-0.1, -0.05) is 13.0 Å². The number of hydrogen-bond acceptors (Lipinski definition) is 3. The summed E-state index contributed by atoms with van der Waals surface area (Å²) in [5, 5.41) is 14.1. The Morgan fingerprint density at radius 1 is 1.30 bits per heavy atom. The van der Waals surface area contributed by atoms with E-state index in [0.29, 0.717) is 32.4 Å². The van der Waals surface area contributed by atoms with Crippen LogP contribution in [0.25, 0.3) is 0 Å². The Morgan fingerprint density at radius 2 is 2.05 bits per heavy atom.